The number of benzene rings is 2. The Labute approximate surface area is 127 Å². The van der Waals surface area contributed by atoms with Gasteiger partial charge in [0.05, 0.1) is 16.8 Å². The van der Waals surface area contributed by atoms with E-state index in [1.54, 1.807) is 11.8 Å². The predicted octanol–water partition coefficient (Wildman–Crippen LogP) is 4.67. The SMILES string of the molecule is N#CC1(Nc2ccccc2Cl)CCSc2ccccc21. The van der Waals surface area contributed by atoms with Crippen LogP contribution in [0.1, 0.15) is 12.0 Å². The molecule has 0 aliphatic carbocycles. The van der Waals surface area contributed by atoms with Crippen LogP contribution < -0.4 is 5.32 Å². The molecule has 1 atom stereocenters. The molecule has 2 nitrogen and oxygen atoms in total. The van der Waals surface area contributed by atoms with Crippen molar-refractivity contribution >= 4 is 29.1 Å². The molecule has 100 valence electrons. The first-order chi connectivity index (χ1) is 9.75. The zero-order valence-corrected chi connectivity index (χ0v) is 12.3. The second-order valence-electron chi connectivity index (χ2n) is 4.72. The number of fused-ring (bicyclic) bond motifs is 1. The first-order valence-corrected chi connectivity index (χ1v) is 7.78. The molecule has 3 rings (SSSR count). The Bertz CT molecular complexity index is 680. The van der Waals surface area contributed by atoms with Crippen LogP contribution in [-0.2, 0) is 5.54 Å². The zero-order chi connectivity index (χ0) is 14.0. The van der Waals surface area contributed by atoms with Crippen LogP contribution in [0.5, 0.6) is 0 Å². The van der Waals surface area contributed by atoms with E-state index < -0.39 is 5.54 Å². The second kappa shape index (κ2) is 5.40. The molecule has 0 radical (unpaired) electrons. The molecule has 1 unspecified atom stereocenters. The molecular formula is C16H13ClN2S. The fourth-order valence-corrected chi connectivity index (χ4v) is 3.84. The van der Waals surface area contributed by atoms with E-state index in [1.165, 1.54) is 4.90 Å². The van der Waals surface area contributed by atoms with Crippen molar-refractivity contribution < 1.29 is 0 Å². The minimum atomic E-state index is -0.702. The summed E-state index contributed by atoms with van der Waals surface area (Å²) in [5, 5.41) is 13.8. The molecule has 0 bridgehead atoms. The van der Waals surface area contributed by atoms with E-state index in [-0.39, 0.29) is 0 Å². The summed E-state index contributed by atoms with van der Waals surface area (Å²) in [7, 11) is 0. The van der Waals surface area contributed by atoms with E-state index in [0.29, 0.717) is 5.02 Å². The van der Waals surface area contributed by atoms with Crippen LogP contribution in [0.3, 0.4) is 0 Å². The molecule has 4 heteroatoms. The molecule has 0 amide bonds. The molecule has 1 N–H and O–H groups in total. The van der Waals surface area contributed by atoms with Crippen molar-refractivity contribution in [3.63, 3.8) is 0 Å². The number of para-hydroxylation sites is 1. The molecule has 1 aliphatic rings. The van der Waals surface area contributed by atoms with E-state index >= 15 is 0 Å². The monoisotopic (exact) mass is 300 g/mol. The van der Waals surface area contributed by atoms with Gasteiger partial charge in [-0.25, -0.2) is 0 Å². The summed E-state index contributed by atoms with van der Waals surface area (Å²) < 4.78 is 0. The Balaban J connectivity index is 2.06. The summed E-state index contributed by atoms with van der Waals surface area (Å²) in [4.78, 5) is 1.17. The largest absolute Gasteiger partial charge is 0.362 e. The molecule has 0 saturated heterocycles. The lowest BCUT2D eigenvalue weighted by Crippen LogP contribution is -2.37. The van der Waals surface area contributed by atoms with Gasteiger partial charge < -0.3 is 5.32 Å². The highest BCUT2D eigenvalue weighted by atomic mass is 35.5. The first kappa shape index (κ1) is 13.4. The van der Waals surface area contributed by atoms with E-state index in [1.807, 2.05) is 42.5 Å². The van der Waals surface area contributed by atoms with Gasteiger partial charge in [-0.15, -0.1) is 11.8 Å². The Kier molecular flexibility index (Phi) is 3.60. The lowest BCUT2D eigenvalue weighted by Gasteiger charge is -2.34. The summed E-state index contributed by atoms with van der Waals surface area (Å²) in [6.07, 6.45) is 0.760. The summed E-state index contributed by atoms with van der Waals surface area (Å²) in [6.45, 7) is 0. The van der Waals surface area contributed by atoms with Crippen molar-refractivity contribution in [3.8, 4) is 6.07 Å². The molecule has 20 heavy (non-hydrogen) atoms. The molecule has 1 heterocycles. The van der Waals surface area contributed by atoms with Gasteiger partial charge in [0.2, 0.25) is 0 Å². The van der Waals surface area contributed by atoms with Crippen molar-refractivity contribution in [2.75, 3.05) is 11.1 Å². The van der Waals surface area contributed by atoms with E-state index in [2.05, 4.69) is 17.5 Å². The van der Waals surface area contributed by atoms with Crippen LogP contribution >= 0.6 is 23.4 Å². The maximum atomic E-state index is 9.78. The quantitative estimate of drug-likeness (QED) is 0.875. The van der Waals surface area contributed by atoms with Crippen molar-refractivity contribution in [1.29, 1.82) is 5.26 Å². The highest BCUT2D eigenvalue weighted by molar-refractivity contribution is 7.99. The number of thioether (sulfide) groups is 1. The average molecular weight is 301 g/mol. The number of rotatable bonds is 2. The van der Waals surface area contributed by atoms with Gasteiger partial charge in [0.1, 0.15) is 0 Å². The van der Waals surface area contributed by atoms with Crippen LogP contribution in [0.4, 0.5) is 5.69 Å². The number of halogens is 1. The van der Waals surface area contributed by atoms with Crippen LogP contribution in [0.25, 0.3) is 0 Å². The molecular weight excluding hydrogens is 288 g/mol. The number of hydrogen-bond donors (Lipinski definition) is 1. The minimum Gasteiger partial charge on any atom is -0.362 e. The lowest BCUT2D eigenvalue weighted by molar-refractivity contribution is 0.589. The van der Waals surface area contributed by atoms with Gasteiger partial charge in [-0.05, 0) is 24.6 Å². The van der Waals surface area contributed by atoms with E-state index in [4.69, 9.17) is 11.6 Å². The predicted molar refractivity (Wildman–Crippen MR) is 84.1 cm³/mol. The highest BCUT2D eigenvalue weighted by Crippen LogP contribution is 2.42. The number of nitriles is 1. The number of anilines is 1. The van der Waals surface area contributed by atoms with Gasteiger partial charge >= 0.3 is 0 Å². The van der Waals surface area contributed by atoms with Crippen molar-refractivity contribution in [3.05, 3.63) is 59.1 Å². The minimum absolute atomic E-state index is 0.637. The van der Waals surface area contributed by atoms with Gasteiger partial charge in [-0.2, -0.15) is 5.26 Å². The molecule has 2 aromatic carbocycles. The summed E-state index contributed by atoms with van der Waals surface area (Å²) in [5.74, 6) is 0.919. The van der Waals surface area contributed by atoms with Gasteiger partial charge in [0.15, 0.2) is 5.54 Å². The lowest BCUT2D eigenvalue weighted by atomic mass is 9.87. The Morgan fingerprint density at radius 3 is 2.70 bits per heavy atom. The topological polar surface area (TPSA) is 35.8 Å². The fourth-order valence-electron chi connectivity index (χ4n) is 2.46. The van der Waals surface area contributed by atoms with Crippen molar-refractivity contribution in [2.45, 2.75) is 16.9 Å². The first-order valence-electron chi connectivity index (χ1n) is 6.41. The second-order valence-corrected chi connectivity index (χ2v) is 6.26. The summed E-state index contributed by atoms with van der Waals surface area (Å²) >= 11 is 8.01. The maximum Gasteiger partial charge on any atom is 0.152 e. The van der Waals surface area contributed by atoms with Crippen LogP contribution in [0, 0.1) is 11.3 Å². The van der Waals surface area contributed by atoms with Crippen LogP contribution in [0.15, 0.2) is 53.4 Å². The summed E-state index contributed by atoms with van der Waals surface area (Å²) in [5.41, 5.74) is 1.14. The van der Waals surface area contributed by atoms with Crippen molar-refractivity contribution in [1.82, 2.24) is 0 Å². The molecule has 0 spiro atoms. The third-order valence-corrected chi connectivity index (χ3v) is 4.90. The van der Waals surface area contributed by atoms with Crippen molar-refractivity contribution in [2.24, 2.45) is 0 Å². The van der Waals surface area contributed by atoms with Crippen LogP contribution in [-0.4, -0.2) is 5.75 Å². The molecule has 0 fully saturated rings. The third-order valence-electron chi connectivity index (χ3n) is 3.49. The number of hydrogen-bond acceptors (Lipinski definition) is 3. The van der Waals surface area contributed by atoms with E-state index in [0.717, 1.165) is 23.4 Å². The summed E-state index contributed by atoms with van der Waals surface area (Å²) in [6, 6.07) is 18.1. The zero-order valence-electron chi connectivity index (χ0n) is 10.8. The average Bonchev–Trinajstić information content (AvgIpc) is 2.50. The molecule has 0 aromatic heterocycles. The molecule has 1 aliphatic heterocycles. The Hall–Kier alpha value is -1.63. The maximum absolute atomic E-state index is 9.78. The van der Waals surface area contributed by atoms with Gasteiger partial charge in [-0.1, -0.05) is 41.9 Å². The normalized spacial score (nSPS) is 20.8. The van der Waals surface area contributed by atoms with E-state index in [9.17, 15) is 5.26 Å². The fraction of sp³-hybridized carbons (Fsp3) is 0.188. The standard InChI is InChI=1S/C16H13ClN2S/c17-13-6-2-3-7-14(13)19-16(11-18)9-10-20-15-8-4-1-5-12(15)16/h1-8,19H,9-10H2. The third kappa shape index (κ3) is 2.26. The number of nitrogens with zero attached hydrogens (tertiary/aromatic N) is 1. The molecule has 2 aromatic rings. The Morgan fingerprint density at radius 1 is 1.15 bits per heavy atom. The Morgan fingerprint density at radius 2 is 1.90 bits per heavy atom. The highest BCUT2D eigenvalue weighted by Gasteiger charge is 2.37. The van der Waals surface area contributed by atoms with Crippen LogP contribution in [0.2, 0.25) is 5.02 Å². The van der Waals surface area contributed by atoms with Gasteiger partial charge in [0.25, 0.3) is 0 Å². The number of nitrogens with one attached hydrogen (secondary N) is 1. The molecule has 0 saturated carbocycles. The smallest absolute Gasteiger partial charge is 0.152 e. The van der Waals surface area contributed by atoms with Gasteiger partial charge in [-0.3, -0.25) is 0 Å². The van der Waals surface area contributed by atoms with Gasteiger partial charge in [0, 0.05) is 16.2 Å².